The van der Waals surface area contributed by atoms with Gasteiger partial charge in [0.25, 0.3) is 5.91 Å². The molecule has 246 valence electrons. The van der Waals surface area contributed by atoms with E-state index in [9.17, 15) is 40.3 Å². The van der Waals surface area contributed by atoms with Crippen molar-refractivity contribution in [2.45, 2.75) is 48.7 Å². The zero-order valence-electron chi connectivity index (χ0n) is 24.1. The van der Waals surface area contributed by atoms with E-state index in [0.29, 0.717) is 5.56 Å². The van der Waals surface area contributed by atoms with Gasteiger partial charge in [-0.25, -0.2) is 18.4 Å². The summed E-state index contributed by atoms with van der Waals surface area (Å²) in [6.07, 6.45) is -6.94. The highest BCUT2D eigenvalue weighted by atomic mass is 32.2. The fraction of sp³-hybridized carbons (Fsp3) is 0.379. The van der Waals surface area contributed by atoms with E-state index in [-0.39, 0.29) is 40.9 Å². The maximum absolute atomic E-state index is 13.6. The fourth-order valence-corrected chi connectivity index (χ4v) is 5.53. The van der Waals surface area contributed by atoms with Gasteiger partial charge in [-0.1, -0.05) is 19.1 Å². The molecule has 1 saturated heterocycles. The van der Waals surface area contributed by atoms with E-state index in [4.69, 9.17) is 10.00 Å². The number of alkyl halides is 5. The quantitative estimate of drug-likeness (QED) is 0.271. The topological polar surface area (TPSA) is 155 Å². The van der Waals surface area contributed by atoms with Crippen LogP contribution in [0.25, 0.3) is 0 Å². The third-order valence-corrected chi connectivity index (χ3v) is 8.86. The van der Waals surface area contributed by atoms with Gasteiger partial charge in [0.15, 0.2) is 15.9 Å². The number of amides is 1. The van der Waals surface area contributed by atoms with Gasteiger partial charge in [0, 0.05) is 18.8 Å². The Hall–Kier alpha value is -4.40. The lowest BCUT2D eigenvalue weighted by molar-refractivity contribution is -0.195. The van der Waals surface area contributed by atoms with Gasteiger partial charge < -0.3 is 24.8 Å². The Bertz CT molecular complexity index is 1650. The molecule has 2 N–H and O–H groups in total. The summed E-state index contributed by atoms with van der Waals surface area (Å²) in [7, 11) is -3.44. The number of carbonyl (C=O) groups excluding carboxylic acids is 1. The van der Waals surface area contributed by atoms with E-state index in [1.54, 1.807) is 0 Å². The van der Waals surface area contributed by atoms with Crippen molar-refractivity contribution in [2.75, 3.05) is 30.4 Å². The Kier molecular flexibility index (Phi) is 10.4. The molecule has 1 aliphatic rings. The summed E-state index contributed by atoms with van der Waals surface area (Å²) in [6, 6.07) is 8.64. The van der Waals surface area contributed by atoms with Crippen LogP contribution >= 0.6 is 0 Å². The van der Waals surface area contributed by atoms with Gasteiger partial charge in [-0.2, -0.15) is 27.2 Å². The monoisotopic (exact) mass is 669 g/mol. The predicted molar refractivity (Wildman–Crippen MR) is 152 cm³/mol. The van der Waals surface area contributed by atoms with Crippen molar-refractivity contribution in [1.29, 1.82) is 5.26 Å². The third kappa shape index (κ3) is 8.44. The van der Waals surface area contributed by atoms with Crippen LogP contribution in [0.1, 0.15) is 40.9 Å². The molecule has 0 saturated carbocycles. The van der Waals surface area contributed by atoms with Crippen LogP contribution < -0.4 is 15.0 Å². The maximum Gasteiger partial charge on any atom is 0.448 e. The first-order valence-electron chi connectivity index (χ1n) is 13.8. The first kappa shape index (κ1) is 34.5. The number of aliphatic hydroxyl groups excluding tert-OH is 1. The Morgan fingerprint density at radius 3 is 2.28 bits per heavy atom. The summed E-state index contributed by atoms with van der Waals surface area (Å²) in [4.78, 5) is 22.8. The number of rotatable bonds is 12. The number of anilines is 1. The number of nitriles is 1. The van der Waals surface area contributed by atoms with E-state index in [2.05, 4.69) is 20.0 Å². The van der Waals surface area contributed by atoms with Crippen LogP contribution in [0.5, 0.6) is 5.75 Å². The minimum absolute atomic E-state index is 0.00428. The number of hydrogen-bond donors (Lipinski definition) is 2. The van der Waals surface area contributed by atoms with Gasteiger partial charge in [-0.05, 0) is 42.0 Å². The number of nitrogens with one attached hydrogen (secondary N) is 1. The minimum Gasteiger partial charge on any atom is -0.489 e. The zero-order chi connectivity index (χ0) is 33.7. The number of aromatic nitrogens is 2. The number of hydrogen-bond acceptors (Lipinski definition) is 10. The molecule has 1 unspecified atom stereocenters. The lowest BCUT2D eigenvalue weighted by Crippen LogP contribution is -2.37. The van der Waals surface area contributed by atoms with Crippen LogP contribution in [-0.2, 0) is 20.8 Å². The maximum atomic E-state index is 13.6. The van der Waals surface area contributed by atoms with Crippen LogP contribution in [0.3, 0.4) is 0 Å². The Morgan fingerprint density at radius 1 is 1.11 bits per heavy atom. The molecule has 1 aromatic heterocycles. The Morgan fingerprint density at radius 2 is 1.74 bits per heavy atom. The van der Waals surface area contributed by atoms with E-state index >= 15 is 0 Å². The molecule has 17 heteroatoms. The molecule has 3 aromatic rings. The number of aliphatic hydroxyl groups is 1. The summed E-state index contributed by atoms with van der Waals surface area (Å²) < 4.78 is 100. The average molecular weight is 670 g/mol. The van der Waals surface area contributed by atoms with Crippen molar-refractivity contribution in [3.8, 4) is 11.8 Å². The highest BCUT2D eigenvalue weighted by Gasteiger charge is 2.39. The number of sulfone groups is 1. The molecule has 0 spiro atoms. The molecule has 1 aliphatic heterocycles. The van der Waals surface area contributed by atoms with E-state index in [1.807, 2.05) is 0 Å². The summed E-state index contributed by atoms with van der Waals surface area (Å²) in [5.41, 5.74) is -0.453. The summed E-state index contributed by atoms with van der Waals surface area (Å²) in [6.45, 7) is 0.367. The van der Waals surface area contributed by atoms with Crippen LogP contribution in [0.2, 0.25) is 0 Å². The molecule has 2 heterocycles. The van der Waals surface area contributed by atoms with Crippen LogP contribution in [-0.4, -0.2) is 73.2 Å². The van der Waals surface area contributed by atoms with E-state index in [1.165, 1.54) is 36.1 Å². The fourth-order valence-electron chi connectivity index (χ4n) is 4.65. The van der Waals surface area contributed by atoms with Crippen molar-refractivity contribution >= 4 is 21.7 Å². The Labute approximate surface area is 260 Å². The van der Waals surface area contributed by atoms with Crippen molar-refractivity contribution < 1.29 is 49.7 Å². The zero-order valence-corrected chi connectivity index (χ0v) is 24.9. The minimum atomic E-state index is -4.54. The highest BCUT2D eigenvalue weighted by Crippen LogP contribution is 2.32. The predicted octanol–water partition coefficient (Wildman–Crippen LogP) is 3.91. The smallest absolute Gasteiger partial charge is 0.448 e. The van der Waals surface area contributed by atoms with Crippen LogP contribution in [0, 0.1) is 11.3 Å². The normalized spacial score (nSPS) is 17.7. The van der Waals surface area contributed by atoms with Crippen molar-refractivity contribution in [3.63, 3.8) is 0 Å². The highest BCUT2D eigenvalue weighted by molar-refractivity contribution is 7.91. The number of nitrogens with zero attached hydrogens (tertiary/aromatic N) is 4. The standard InChI is InChI=1S/C29H28F5N5O6S/c1-2-46(42,43)24-9-3-18(4-10-24)25(15-40)38-26(41)19-12-36-27(37-13-19)39-14-23(11-21(39)16-44-28(30,31)17-35)45-22-7-5-20(6-8-22)29(32,33)34/h3-10,12-13,21,23,25,40H,2,11,14-16H2,1H3,(H,38,41)/t21-,23?,25-/m0/s1. The second-order valence-electron chi connectivity index (χ2n) is 10.2. The lowest BCUT2D eigenvalue weighted by atomic mass is 10.1. The molecular formula is C29H28F5N5O6S. The molecule has 3 atom stereocenters. The molecule has 2 aromatic carbocycles. The second kappa shape index (κ2) is 13.9. The molecule has 0 radical (unpaired) electrons. The van der Waals surface area contributed by atoms with Crippen LogP contribution in [0.15, 0.2) is 65.8 Å². The SMILES string of the molecule is CCS(=O)(=O)c1ccc([C@H](CO)NC(=O)c2cnc(N3CC(Oc4ccc(C(F)(F)F)cc4)C[C@H]3COC(F)(F)C#N)nc2)cc1. The first-order chi connectivity index (χ1) is 21.7. The second-order valence-corrected chi connectivity index (χ2v) is 12.5. The molecule has 46 heavy (non-hydrogen) atoms. The molecular weight excluding hydrogens is 641 g/mol. The molecule has 4 rings (SSSR count). The van der Waals surface area contributed by atoms with Gasteiger partial charge in [0.05, 0.1) is 53.6 Å². The average Bonchev–Trinajstić information content (AvgIpc) is 3.45. The summed E-state index contributed by atoms with van der Waals surface area (Å²) >= 11 is 0. The molecule has 1 fully saturated rings. The van der Waals surface area contributed by atoms with Crippen molar-refractivity contribution in [3.05, 3.63) is 77.6 Å². The Balaban J connectivity index is 1.47. The largest absolute Gasteiger partial charge is 0.489 e. The molecule has 1 amide bonds. The number of ether oxygens (including phenoxy) is 2. The molecule has 0 bridgehead atoms. The summed E-state index contributed by atoms with van der Waals surface area (Å²) in [5.74, 6) is -0.660. The van der Waals surface area contributed by atoms with E-state index < -0.39 is 65.0 Å². The van der Waals surface area contributed by atoms with Crippen molar-refractivity contribution in [2.24, 2.45) is 0 Å². The number of benzene rings is 2. The van der Waals surface area contributed by atoms with Gasteiger partial charge in [-0.15, -0.1) is 0 Å². The summed E-state index contributed by atoms with van der Waals surface area (Å²) in [5, 5.41) is 21.1. The molecule has 11 nitrogen and oxygen atoms in total. The first-order valence-corrected chi connectivity index (χ1v) is 15.4. The van der Waals surface area contributed by atoms with E-state index in [0.717, 1.165) is 42.7 Å². The van der Waals surface area contributed by atoms with Crippen molar-refractivity contribution in [1.82, 2.24) is 15.3 Å². The van der Waals surface area contributed by atoms with Gasteiger partial charge in [0.2, 0.25) is 5.95 Å². The lowest BCUT2D eigenvalue weighted by Gasteiger charge is -2.24. The van der Waals surface area contributed by atoms with Gasteiger partial charge >= 0.3 is 12.3 Å². The number of carbonyl (C=O) groups is 1. The third-order valence-electron chi connectivity index (χ3n) is 7.11. The molecule has 0 aliphatic carbocycles. The van der Waals surface area contributed by atoms with Gasteiger partial charge in [-0.3, -0.25) is 4.79 Å². The van der Waals surface area contributed by atoms with Crippen LogP contribution in [0.4, 0.5) is 27.9 Å². The number of halogens is 5. The van der Waals surface area contributed by atoms with Gasteiger partial charge in [0.1, 0.15) is 11.9 Å².